The molecule has 1 heterocycles. The second kappa shape index (κ2) is 4.51. The Morgan fingerprint density at radius 1 is 1.50 bits per heavy atom. The molecule has 0 radical (unpaired) electrons. The maximum Gasteiger partial charge on any atom is 0.243 e. The fraction of sp³-hybridized carbons (Fsp3) is 0.818. The molecule has 1 atom stereocenters. The Hall–Kier alpha value is -0.940. The molecule has 2 rings (SSSR count). The third-order valence-corrected chi connectivity index (χ3v) is 3.41. The summed E-state index contributed by atoms with van der Waals surface area (Å²) in [6.07, 6.45) is 5.02. The molecule has 16 heavy (non-hydrogen) atoms. The molecule has 1 aliphatic rings. The van der Waals surface area contributed by atoms with E-state index < -0.39 is 0 Å². The van der Waals surface area contributed by atoms with Crippen molar-refractivity contribution in [1.29, 1.82) is 0 Å². The van der Waals surface area contributed by atoms with E-state index in [4.69, 9.17) is 15.0 Å². The highest BCUT2D eigenvalue weighted by atomic mass is 16.5. The van der Waals surface area contributed by atoms with Gasteiger partial charge in [-0.2, -0.15) is 4.98 Å². The summed E-state index contributed by atoms with van der Waals surface area (Å²) in [5, 5.41) is 4.02. The highest BCUT2D eigenvalue weighted by molar-refractivity contribution is 5.05. The number of hydrogen-bond acceptors (Lipinski definition) is 5. The Morgan fingerprint density at radius 2 is 2.19 bits per heavy atom. The van der Waals surface area contributed by atoms with Gasteiger partial charge in [0.25, 0.3) is 0 Å². The zero-order chi connectivity index (χ0) is 11.6. The summed E-state index contributed by atoms with van der Waals surface area (Å²) < 4.78 is 10.8. The number of ether oxygens (including phenoxy) is 1. The maximum absolute atomic E-state index is 5.85. The van der Waals surface area contributed by atoms with E-state index in [1.54, 1.807) is 7.11 Å². The van der Waals surface area contributed by atoms with E-state index in [9.17, 15) is 0 Å². The van der Waals surface area contributed by atoms with E-state index in [2.05, 4.69) is 10.1 Å². The molecule has 0 aromatic carbocycles. The van der Waals surface area contributed by atoms with Crippen LogP contribution < -0.4 is 5.73 Å². The lowest BCUT2D eigenvalue weighted by Gasteiger charge is -2.22. The quantitative estimate of drug-likeness (QED) is 0.847. The Morgan fingerprint density at radius 3 is 2.75 bits per heavy atom. The topological polar surface area (TPSA) is 74.2 Å². The smallest absolute Gasteiger partial charge is 0.243 e. The van der Waals surface area contributed by atoms with Crippen LogP contribution in [0.4, 0.5) is 0 Å². The first-order chi connectivity index (χ1) is 7.72. The molecule has 5 nitrogen and oxygen atoms in total. The Balaban J connectivity index is 2.23. The van der Waals surface area contributed by atoms with Gasteiger partial charge in [0.05, 0.1) is 6.04 Å². The fourth-order valence-corrected chi connectivity index (χ4v) is 2.21. The average Bonchev–Trinajstić information content (AvgIpc) is 2.96. The fourth-order valence-electron chi connectivity index (χ4n) is 2.21. The van der Waals surface area contributed by atoms with Gasteiger partial charge in [0.15, 0.2) is 0 Å². The van der Waals surface area contributed by atoms with Crippen molar-refractivity contribution in [1.82, 2.24) is 10.1 Å². The Bertz CT molecular complexity index is 345. The summed E-state index contributed by atoms with van der Waals surface area (Å²) in [4.78, 5) is 4.38. The van der Waals surface area contributed by atoms with E-state index in [0.717, 1.165) is 32.1 Å². The van der Waals surface area contributed by atoms with Crippen molar-refractivity contribution >= 4 is 0 Å². The summed E-state index contributed by atoms with van der Waals surface area (Å²) in [5.74, 6) is 1.17. The van der Waals surface area contributed by atoms with Crippen molar-refractivity contribution in [2.45, 2.75) is 50.7 Å². The molecule has 0 bridgehead atoms. The molecule has 1 saturated carbocycles. The van der Waals surface area contributed by atoms with Crippen LogP contribution in [-0.4, -0.2) is 17.3 Å². The zero-order valence-corrected chi connectivity index (χ0v) is 9.90. The first kappa shape index (κ1) is 11.5. The number of rotatable bonds is 4. The van der Waals surface area contributed by atoms with E-state index in [1.807, 2.05) is 6.92 Å². The highest BCUT2D eigenvalue weighted by Crippen LogP contribution is 2.40. The van der Waals surface area contributed by atoms with Gasteiger partial charge >= 0.3 is 0 Å². The van der Waals surface area contributed by atoms with Crippen LogP contribution in [0.3, 0.4) is 0 Å². The third-order valence-electron chi connectivity index (χ3n) is 3.41. The standard InChI is InChI=1S/C11H19N3O2/c1-3-8(12)9-13-10(14-16-9)11(15-2)6-4-5-7-11/h8H,3-7,12H2,1-2H3/t8-/m1/s1. The number of aromatic nitrogens is 2. The van der Waals surface area contributed by atoms with Gasteiger partial charge < -0.3 is 15.0 Å². The molecular weight excluding hydrogens is 206 g/mol. The minimum Gasteiger partial charge on any atom is -0.370 e. The van der Waals surface area contributed by atoms with E-state index in [1.165, 1.54) is 0 Å². The van der Waals surface area contributed by atoms with Gasteiger partial charge in [-0.25, -0.2) is 0 Å². The predicted octanol–water partition coefficient (Wildman–Crippen LogP) is 1.90. The van der Waals surface area contributed by atoms with Crippen LogP contribution in [0.15, 0.2) is 4.52 Å². The molecular formula is C11H19N3O2. The van der Waals surface area contributed by atoms with Gasteiger partial charge in [0.2, 0.25) is 11.7 Å². The minimum absolute atomic E-state index is 0.170. The average molecular weight is 225 g/mol. The lowest BCUT2D eigenvalue weighted by atomic mass is 10.0. The Kier molecular flexibility index (Phi) is 3.25. The molecule has 5 heteroatoms. The predicted molar refractivity (Wildman–Crippen MR) is 58.7 cm³/mol. The van der Waals surface area contributed by atoms with Crippen molar-refractivity contribution in [3.63, 3.8) is 0 Å². The molecule has 0 amide bonds. The van der Waals surface area contributed by atoms with E-state index in [-0.39, 0.29) is 11.6 Å². The molecule has 1 fully saturated rings. The van der Waals surface area contributed by atoms with E-state index in [0.29, 0.717) is 11.7 Å². The minimum atomic E-state index is -0.338. The van der Waals surface area contributed by atoms with Gasteiger partial charge in [-0.3, -0.25) is 0 Å². The van der Waals surface area contributed by atoms with Gasteiger partial charge in [0.1, 0.15) is 5.60 Å². The summed E-state index contributed by atoms with van der Waals surface area (Å²) >= 11 is 0. The number of methoxy groups -OCH3 is 1. The number of hydrogen-bond donors (Lipinski definition) is 1. The van der Waals surface area contributed by atoms with Crippen LogP contribution in [-0.2, 0) is 10.3 Å². The van der Waals surface area contributed by atoms with E-state index >= 15 is 0 Å². The summed E-state index contributed by atoms with van der Waals surface area (Å²) in [6, 6.07) is -0.170. The second-order valence-electron chi connectivity index (χ2n) is 4.38. The van der Waals surface area contributed by atoms with Crippen LogP contribution in [0.5, 0.6) is 0 Å². The lowest BCUT2D eigenvalue weighted by Crippen LogP contribution is -2.26. The van der Waals surface area contributed by atoms with Crippen LogP contribution in [0.2, 0.25) is 0 Å². The second-order valence-corrected chi connectivity index (χ2v) is 4.38. The SMILES string of the molecule is CC[C@@H](N)c1nc(C2(OC)CCCC2)no1. The van der Waals surface area contributed by atoms with Crippen molar-refractivity contribution in [2.75, 3.05) is 7.11 Å². The van der Waals surface area contributed by atoms with Crippen molar-refractivity contribution < 1.29 is 9.26 Å². The molecule has 0 unspecified atom stereocenters. The molecule has 2 N–H and O–H groups in total. The van der Waals surface area contributed by atoms with Crippen LogP contribution in [0.1, 0.15) is 56.8 Å². The molecule has 0 aliphatic heterocycles. The lowest BCUT2D eigenvalue weighted by molar-refractivity contribution is -0.0178. The normalized spacial score (nSPS) is 21.2. The summed E-state index contributed by atoms with van der Waals surface area (Å²) in [5.41, 5.74) is 5.52. The number of nitrogens with zero attached hydrogens (tertiary/aromatic N) is 2. The van der Waals surface area contributed by atoms with Gasteiger partial charge in [-0.15, -0.1) is 0 Å². The monoisotopic (exact) mass is 225 g/mol. The van der Waals surface area contributed by atoms with Crippen molar-refractivity contribution in [3.05, 3.63) is 11.7 Å². The summed E-state index contributed by atoms with van der Waals surface area (Å²) in [7, 11) is 1.71. The Labute approximate surface area is 95.3 Å². The van der Waals surface area contributed by atoms with Crippen molar-refractivity contribution in [2.24, 2.45) is 5.73 Å². The molecule has 1 aliphatic carbocycles. The number of nitrogens with two attached hydrogens (primary N) is 1. The molecule has 90 valence electrons. The van der Waals surface area contributed by atoms with Gasteiger partial charge in [-0.05, 0) is 32.1 Å². The van der Waals surface area contributed by atoms with Gasteiger partial charge in [0, 0.05) is 7.11 Å². The first-order valence-electron chi connectivity index (χ1n) is 5.86. The van der Waals surface area contributed by atoms with Crippen LogP contribution in [0.25, 0.3) is 0 Å². The molecule has 0 spiro atoms. The third kappa shape index (κ3) is 1.85. The maximum atomic E-state index is 5.85. The molecule has 1 aromatic heterocycles. The zero-order valence-electron chi connectivity index (χ0n) is 9.90. The summed E-state index contributed by atoms with van der Waals surface area (Å²) in [6.45, 7) is 2.00. The van der Waals surface area contributed by atoms with Crippen LogP contribution >= 0.6 is 0 Å². The van der Waals surface area contributed by atoms with Crippen molar-refractivity contribution in [3.8, 4) is 0 Å². The first-order valence-corrected chi connectivity index (χ1v) is 5.86. The van der Waals surface area contributed by atoms with Gasteiger partial charge in [-0.1, -0.05) is 12.1 Å². The molecule has 1 aromatic rings. The molecule has 0 saturated heterocycles. The highest BCUT2D eigenvalue weighted by Gasteiger charge is 2.40. The van der Waals surface area contributed by atoms with Crippen LogP contribution in [0, 0.1) is 0 Å². The largest absolute Gasteiger partial charge is 0.370 e.